The SMILES string of the molecule is CCCCOc1ccc(C2(c3ccc(OCCCC)cc3)C=Cc3c4c(c5cc(NC(=O)c6ccccc6)ccc5c3O2)-c2ccc(-c3ccccc3)cc2C4(CCC)CCC)cc1. The van der Waals surface area contributed by atoms with Crippen LogP contribution in [0, 0.1) is 0 Å². The largest absolute Gasteiger partial charge is 0.494 e. The number of hydrogen-bond donors (Lipinski definition) is 1. The average Bonchev–Trinajstić information content (AvgIpc) is 3.61. The van der Waals surface area contributed by atoms with Gasteiger partial charge in [0.15, 0.2) is 5.60 Å². The van der Waals surface area contributed by atoms with Gasteiger partial charge in [0.25, 0.3) is 5.91 Å². The van der Waals surface area contributed by atoms with Crippen molar-refractivity contribution in [2.75, 3.05) is 18.5 Å². The minimum Gasteiger partial charge on any atom is -0.494 e. The Kier molecular flexibility index (Phi) is 12.4. The molecule has 0 fully saturated rings. The molecule has 7 aromatic carbocycles. The van der Waals surface area contributed by atoms with Crippen molar-refractivity contribution < 1.29 is 19.0 Å². The molecule has 5 heteroatoms. The highest BCUT2D eigenvalue weighted by Crippen LogP contribution is 2.61. The third-order valence-corrected chi connectivity index (χ3v) is 13.2. The Bertz CT molecular complexity index is 2710. The third-order valence-electron chi connectivity index (χ3n) is 13.2. The van der Waals surface area contributed by atoms with Crippen molar-refractivity contribution in [3.05, 3.63) is 185 Å². The van der Waals surface area contributed by atoms with E-state index in [4.69, 9.17) is 14.2 Å². The molecule has 1 amide bonds. The molecular formula is C59H59NO4. The molecule has 0 radical (unpaired) electrons. The summed E-state index contributed by atoms with van der Waals surface area (Å²) in [5.41, 5.74) is 10.8. The summed E-state index contributed by atoms with van der Waals surface area (Å²) < 4.78 is 20.1. The van der Waals surface area contributed by atoms with E-state index in [1.54, 1.807) is 0 Å². The number of nitrogens with one attached hydrogen (secondary N) is 1. The maximum absolute atomic E-state index is 13.7. The summed E-state index contributed by atoms with van der Waals surface area (Å²) in [6.45, 7) is 10.3. The lowest BCUT2D eigenvalue weighted by Crippen LogP contribution is -2.35. The lowest BCUT2D eigenvalue weighted by Gasteiger charge is -2.40. The van der Waals surface area contributed by atoms with E-state index in [1.807, 2.05) is 36.4 Å². The topological polar surface area (TPSA) is 56.8 Å². The average molecular weight is 846 g/mol. The highest BCUT2D eigenvalue weighted by atomic mass is 16.5. The van der Waals surface area contributed by atoms with Crippen molar-refractivity contribution in [1.82, 2.24) is 0 Å². The van der Waals surface area contributed by atoms with Gasteiger partial charge in [-0.2, -0.15) is 0 Å². The molecule has 0 atom stereocenters. The van der Waals surface area contributed by atoms with Crippen LogP contribution in [0.25, 0.3) is 39.1 Å². The molecule has 0 saturated carbocycles. The number of carbonyl (C=O) groups is 1. The van der Waals surface area contributed by atoms with E-state index in [0.29, 0.717) is 18.8 Å². The molecule has 1 aliphatic carbocycles. The van der Waals surface area contributed by atoms with E-state index >= 15 is 0 Å². The van der Waals surface area contributed by atoms with Gasteiger partial charge >= 0.3 is 0 Å². The Labute approximate surface area is 379 Å². The minimum atomic E-state index is -0.970. The Hall–Kier alpha value is -6.59. The Morgan fingerprint density at radius 1 is 0.609 bits per heavy atom. The van der Waals surface area contributed by atoms with Gasteiger partial charge in [-0.1, -0.05) is 144 Å². The fourth-order valence-electron chi connectivity index (χ4n) is 10.1. The summed E-state index contributed by atoms with van der Waals surface area (Å²) in [7, 11) is 0. The van der Waals surface area contributed by atoms with Crippen molar-refractivity contribution in [1.29, 1.82) is 0 Å². The molecule has 0 aromatic heterocycles. The maximum Gasteiger partial charge on any atom is 0.255 e. The molecule has 324 valence electrons. The van der Waals surface area contributed by atoms with Crippen LogP contribution >= 0.6 is 0 Å². The van der Waals surface area contributed by atoms with Crippen LogP contribution in [0.15, 0.2) is 152 Å². The quantitative estimate of drug-likeness (QED) is 0.0928. The molecule has 0 unspecified atom stereocenters. The number of amides is 1. The van der Waals surface area contributed by atoms with Crippen molar-refractivity contribution in [2.45, 2.75) is 90.1 Å². The number of hydrogen-bond acceptors (Lipinski definition) is 4. The molecule has 1 heterocycles. The minimum absolute atomic E-state index is 0.142. The fraction of sp³-hybridized carbons (Fsp3) is 0.271. The first-order chi connectivity index (χ1) is 31.4. The summed E-state index contributed by atoms with van der Waals surface area (Å²) in [4.78, 5) is 13.7. The number of unbranched alkanes of at least 4 members (excludes halogenated alkanes) is 2. The van der Waals surface area contributed by atoms with Gasteiger partial charge in [0.05, 0.1) is 13.2 Å². The van der Waals surface area contributed by atoms with E-state index < -0.39 is 5.60 Å². The van der Waals surface area contributed by atoms with Crippen molar-refractivity contribution in [3.63, 3.8) is 0 Å². The molecule has 2 aliphatic rings. The van der Waals surface area contributed by atoms with Crippen molar-refractivity contribution >= 4 is 28.4 Å². The van der Waals surface area contributed by atoms with Crippen LogP contribution in [0.5, 0.6) is 17.2 Å². The molecule has 1 aliphatic heterocycles. The van der Waals surface area contributed by atoms with Gasteiger partial charge < -0.3 is 19.5 Å². The Morgan fingerprint density at radius 3 is 1.81 bits per heavy atom. The van der Waals surface area contributed by atoms with Crippen LogP contribution in [0.3, 0.4) is 0 Å². The van der Waals surface area contributed by atoms with Crippen molar-refractivity contribution in [2.24, 2.45) is 0 Å². The van der Waals surface area contributed by atoms with E-state index in [2.05, 4.69) is 154 Å². The van der Waals surface area contributed by atoms with E-state index in [1.165, 1.54) is 33.4 Å². The summed E-state index contributed by atoms with van der Waals surface area (Å²) in [6.07, 6.45) is 12.8. The van der Waals surface area contributed by atoms with Crippen LogP contribution in [0.1, 0.15) is 117 Å². The second-order valence-electron chi connectivity index (χ2n) is 17.4. The van der Waals surface area contributed by atoms with Crippen LogP contribution in [-0.4, -0.2) is 19.1 Å². The van der Waals surface area contributed by atoms with E-state index in [-0.39, 0.29) is 11.3 Å². The molecule has 9 rings (SSSR count). The molecule has 0 saturated heterocycles. The van der Waals surface area contributed by atoms with Gasteiger partial charge in [0, 0.05) is 38.7 Å². The number of rotatable bonds is 17. The predicted octanol–water partition coefficient (Wildman–Crippen LogP) is 15.3. The number of anilines is 1. The molecule has 64 heavy (non-hydrogen) atoms. The second-order valence-corrected chi connectivity index (χ2v) is 17.4. The first-order valence-corrected chi connectivity index (χ1v) is 23.5. The zero-order valence-electron chi connectivity index (χ0n) is 37.7. The molecule has 0 spiro atoms. The number of benzene rings is 7. The maximum atomic E-state index is 13.7. The van der Waals surface area contributed by atoms with Crippen LogP contribution in [-0.2, 0) is 11.0 Å². The summed E-state index contributed by atoms with van der Waals surface area (Å²) >= 11 is 0. The number of ether oxygens (including phenoxy) is 3. The second kappa shape index (κ2) is 18.6. The van der Waals surface area contributed by atoms with Gasteiger partial charge in [0.1, 0.15) is 17.2 Å². The summed E-state index contributed by atoms with van der Waals surface area (Å²) in [5, 5.41) is 5.31. The first kappa shape index (κ1) is 42.7. The monoisotopic (exact) mass is 845 g/mol. The predicted molar refractivity (Wildman–Crippen MR) is 264 cm³/mol. The lowest BCUT2D eigenvalue weighted by atomic mass is 9.69. The van der Waals surface area contributed by atoms with Gasteiger partial charge in [-0.15, -0.1) is 0 Å². The smallest absolute Gasteiger partial charge is 0.255 e. The van der Waals surface area contributed by atoms with Gasteiger partial charge in [-0.05, 0) is 131 Å². The first-order valence-electron chi connectivity index (χ1n) is 23.5. The Balaban J connectivity index is 1.28. The van der Waals surface area contributed by atoms with E-state index in [0.717, 1.165) is 102 Å². The normalized spacial score (nSPS) is 14.0. The molecule has 1 N–H and O–H groups in total. The lowest BCUT2D eigenvalue weighted by molar-refractivity contribution is 0.102. The third kappa shape index (κ3) is 7.87. The molecule has 5 nitrogen and oxygen atoms in total. The number of fused-ring (bicyclic) bond motifs is 8. The zero-order chi connectivity index (χ0) is 44.1. The van der Waals surface area contributed by atoms with Gasteiger partial charge in [-0.3, -0.25) is 4.79 Å². The molecular weight excluding hydrogens is 787 g/mol. The van der Waals surface area contributed by atoms with Gasteiger partial charge in [-0.25, -0.2) is 0 Å². The molecule has 0 bridgehead atoms. The standard InChI is InChI=1S/C59H59NO4/c1-5-9-37-62-47-27-22-44(23-28-47)59(45-24-29-48(30-25-45)63-38-10-6-2)36-33-51-55-54(52-40-46(26-32-49(52)56(51)64-59)60-57(61)42-19-15-12-16-20-42)50-31-21-43(41-17-13-11-14-18-41)39-53(50)58(55,34-7-3)35-8-4/h11-33,36,39-40H,5-10,34-35,37-38H2,1-4H3,(H,60,61). The van der Waals surface area contributed by atoms with Crippen LogP contribution in [0.4, 0.5) is 5.69 Å². The van der Waals surface area contributed by atoms with Crippen LogP contribution in [0.2, 0.25) is 0 Å². The zero-order valence-corrected chi connectivity index (χ0v) is 37.7. The van der Waals surface area contributed by atoms with E-state index in [9.17, 15) is 4.79 Å². The van der Waals surface area contributed by atoms with Crippen molar-refractivity contribution in [3.8, 4) is 39.5 Å². The number of carbonyl (C=O) groups excluding carboxylic acids is 1. The highest BCUT2D eigenvalue weighted by Gasteiger charge is 2.48. The molecule has 7 aromatic rings. The van der Waals surface area contributed by atoms with Crippen LogP contribution < -0.4 is 19.5 Å². The Morgan fingerprint density at radius 2 is 1.22 bits per heavy atom. The van der Waals surface area contributed by atoms with Gasteiger partial charge in [0.2, 0.25) is 0 Å². The summed E-state index contributed by atoms with van der Waals surface area (Å²) in [6, 6.07) is 50.4. The summed E-state index contributed by atoms with van der Waals surface area (Å²) in [5.74, 6) is 2.39. The highest BCUT2D eigenvalue weighted by molar-refractivity contribution is 6.11. The fourth-order valence-corrected chi connectivity index (χ4v) is 10.1.